The number of carbonyl (C=O) groups is 2. The smallest absolute Gasteiger partial charge is 0.251 e. The lowest BCUT2D eigenvalue weighted by Crippen LogP contribution is -2.36. The average molecular weight is 400 g/mol. The summed E-state index contributed by atoms with van der Waals surface area (Å²) < 4.78 is 16.1. The van der Waals surface area contributed by atoms with Gasteiger partial charge in [0.1, 0.15) is 0 Å². The van der Waals surface area contributed by atoms with Crippen molar-refractivity contribution in [1.82, 2.24) is 10.6 Å². The van der Waals surface area contributed by atoms with Gasteiger partial charge in [-0.05, 0) is 43.2 Å². The maximum absolute atomic E-state index is 12.3. The molecule has 7 nitrogen and oxygen atoms in total. The van der Waals surface area contributed by atoms with Crippen molar-refractivity contribution in [3.63, 3.8) is 0 Å². The zero-order valence-corrected chi connectivity index (χ0v) is 17.1. The summed E-state index contributed by atoms with van der Waals surface area (Å²) in [7, 11) is 1.65. The molecule has 0 atom stereocenters. The van der Waals surface area contributed by atoms with Gasteiger partial charge < -0.3 is 24.8 Å². The van der Waals surface area contributed by atoms with Crippen molar-refractivity contribution >= 4 is 11.8 Å². The number of amides is 2. The molecule has 0 aromatic heterocycles. The van der Waals surface area contributed by atoms with E-state index in [1.165, 1.54) is 0 Å². The molecule has 2 N–H and O–H groups in total. The topological polar surface area (TPSA) is 85.9 Å². The van der Waals surface area contributed by atoms with Crippen LogP contribution < -0.4 is 20.1 Å². The Morgan fingerprint density at radius 2 is 1.52 bits per heavy atom. The number of hydrogen-bond acceptors (Lipinski definition) is 5. The predicted molar refractivity (Wildman–Crippen MR) is 110 cm³/mol. The van der Waals surface area contributed by atoms with Gasteiger partial charge in [0, 0.05) is 19.2 Å². The van der Waals surface area contributed by atoms with Crippen LogP contribution in [0.15, 0.2) is 42.5 Å². The average Bonchev–Trinajstić information content (AvgIpc) is 2.73. The number of carbonyl (C=O) groups excluding carboxylic acids is 2. The van der Waals surface area contributed by atoms with Crippen molar-refractivity contribution < 1.29 is 23.8 Å². The van der Waals surface area contributed by atoms with E-state index >= 15 is 0 Å². The minimum Gasteiger partial charge on any atom is -0.490 e. The SMILES string of the molecule is CCOc1ccc(C(=O)NCC(=O)NCc2ccc(COC)cc2)cc1OCC. The fourth-order valence-corrected chi connectivity index (χ4v) is 2.64. The van der Waals surface area contributed by atoms with Crippen molar-refractivity contribution in [2.75, 3.05) is 26.9 Å². The Morgan fingerprint density at radius 1 is 0.862 bits per heavy atom. The molecule has 0 aliphatic heterocycles. The first-order valence-electron chi connectivity index (χ1n) is 9.58. The maximum Gasteiger partial charge on any atom is 0.251 e. The number of hydrogen-bond donors (Lipinski definition) is 2. The van der Waals surface area contributed by atoms with E-state index in [0.29, 0.717) is 43.4 Å². The summed E-state index contributed by atoms with van der Waals surface area (Å²) in [5.41, 5.74) is 2.44. The fraction of sp³-hybridized carbons (Fsp3) is 0.364. The highest BCUT2D eigenvalue weighted by Crippen LogP contribution is 2.28. The highest BCUT2D eigenvalue weighted by Gasteiger charge is 2.12. The van der Waals surface area contributed by atoms with Gasteiger partial charge in [0.05, 0.1) is 26.4 Å². The molecule has 29 heavy (non-hydrogen) atoms. The molecule has 2 amide bonds. The lowest BCUT2D eigenvalue weighted by atomic mass is 10.1. The van der Waals surface area contributed by atoms with Crippen LogP contribution in [0.25, 0.3) is 0 Å². The molecule has 0 saturated carbocycles. The summed E-state index contributed by atoms with van der Waals surface area (Å²) in [5.74, 6) is 0.465. The van der Waals surface area contributed by atoms with Crippen LogP contribution in [0.2, 0.25) is 0 Å². The van der Waals surface area contributed by atoms with E-state index in [2.05, 4.69) is 10.6 Å². The van der Waals surface area contributed by atoms with E-state index in [1.54, 1.807) is 25.3 Å². The number of nitrogens with one attached hydrogen (secondary N) is 2. The lowest BCUT2D eigenvalue weighted by molar-refractivity contribution is -0.120. The van der Waals surface area contributed by atoms with Gasteiger partial charge in [-0.25, -0.2) is 0 Å². The van der Waals surface area contributed by atoms with Crippen LogP contribution in [0, 0.1) is 0 Å². The van der Waals surface area contributed by atoms with Gasteiger partial charge in [0.15, 0.2) is 11.5 Å². The van der Waals surface area contributed by atoms with Crippen molar-refractivity contribution in [2.45, 2.75) is 27.0 Å². The van der Waals surface area contributed by atoms with Crippen LogP contribution in [-0.4, -0.2) is 38.7 Å². The summed E-state index contributed by atoms with van der Waals surface area (Å²) in [5, 5.41) is 5.40. The van der Waals surface area contributed by atoms with Crippen LogP contribution in [-0.2, 0) is 22.7 Å². The Morgan fingerprint density at radius 3 is 2.17 bits per heavy atom. The summed E-state index contributed by atoms with van der Waals surface area (Å²) in [4.78, 5) is 24.4. The molecular weight excluding hydrogens is 372 g/mol. The van der Waals surface area contributed by atoms with Crippen LogP contribution >= 0.6 is 0 Å². The molecular formula is C22H28N2O5. The van der Waals surface area contributed by atoms with Crippen LogP contribution in [0.5, 0.6) is 11.5 Å². The Hall–Kier alpha value is -3.06. The van der Waals surface area contributed by atoms with Gasteiger partial charge >= 0.3 is 0 Å². The first kappa shape index (κ1) is 22.2. The van der Waals surface area contributed by atoms with Gasteiger partial charge in [-0.2, -0.15) is 0 Å². The molecule has 2 aromatic rings. The zero-order chi connectivity index (χ0) is 21.1. The minimum absolute atomic E-state index is 0.113. The summed E-state index contributed by atoms with van der Waals surface area (Å²) in [6.45, 7) is 5.52. The molecule has 156 valence electrons. The number of benzene rings is 2. The Kier molecular flexibility index (Phi) is 8.98. The molecule has 0 aliphatic carbocycles. The largest absolute Gasteiger partial charge is 0.490 e. The van der Waals surface area contributed by atoms with Crippen molar-refractivity contribution in [3.8, 4) is 11.5 Å². The molecule has 7 heteroatoms. The standard InChI is InChI=1S/C22H28N2O5/c1-4-28-19-11-10-18(12-20(19)29-5-2)22(26)24-14-21(25)23-13-16-6-8-17(9-7-16)15-27-3/h6-12H,4-5,13-15H2,1-3H3,(H,23,25)(H,24,26). The first-order chi connectivity index (χ1) is 14.1. The summed E-state index contributed by atoms with van der Waals surface area (Å²) >= 11 is 0. The van der Waals surface area contributed by atoms with Crippen LogP contribution in [0.1, 0.15) is 35.3 Å². The second kappa shape index (κ2) is 11.7. The molecule has 0 fully saturated rings. The summed E-state index contributed by atoms with van der Waals surface area (Å²) in [6, 6.07) is 12.7. The molecule has 0 unspecified atom stereocenters. The highest BCUT2D eigenvalue weighted by molar-refractivity contribution is 5.97. The monoisotopic (exact) mass is 400 g/mol. The van der Waals surface area contributed by atoms with Gasteiger partial charge in [0.25, 0.3) is 5.91 Å². The molecule has 0 aliphatic rings. The molecule has 2 rings (SSSR count). The van der Waals surface area contributed by atoms with Gasteiger partial charge in [0.2, 0.25) is 5.91 Å². The van der Waals surface area contributed by atoms with E-state index in [4.69, 9.17) is 14.2 Å². The highest BCUT2D eigenvalue weighted by atomic mass is 16.5. The molecule has 2 aromatic carbocycles. The van der Waals surface area contributed by atoms with E-state index < -0.39 is 0 Å². The van der Waals surface area contributed by atoms with Gasteiger partial charge in [-0.3, -0.25) is 9.59 Å². The number of methoxy groups -OCH3 is 1. The Balaban J connectivity index is 1.84. The third-order valence-electron chi connectivity index (χ3n) is 4.04. The molecule has 0 saturated heterocycles. The minimum atomic E-state index is -0.354. The normalized spacial score (nSPS) is 10.3. The molecule has 0 bridgehead atoms. The lowest BCUT2D eigenvalue weighted by Gasteiger charge is -2.12. The molecule has 0 heterocycles. The van der Waals surface area contributed by atoms with E-state index in [9.17, 15) is 9.59 Å². The van der Waals surface area contributed by atoms with Gasteiger partial charge in [-0.15, -0.1) is 0 Å². The molecule has 0 spiro atoms. The second-order valence-electron chi connectivity index (χ2n) is 6.24. The third-order valence-corrected chi connectivity index (χ3v) is 4.04. The second-order valence-corrected chi connectivity index (χ2v) is 6.24. The third kappa shape index (κ3) is 7.12. The number of rotatable bonds is 11. The van der Waals surface area contributed by atoms with Crippen molar-refractivity contribution in [2.24, 2.45) is 0 Å². The zero-order valence-electron chi connectivity index (χ0n) is 17.1. The Bertz CT molecular complexity index is 805. The quantitative estimate of drug-likeness (QED) is 0.606. The van der Waals surface area contributed by atoms with Crippen LogP contribution in [0.4, 0.5) is 0 Å². The maximum atomic E-state index is 12.3. The van der Waals surface area contributed by atoms with Crippen LogP contribution in [0.3, 0.4) is 0 Å². The summed E-state index contributed by atoms with van der Waals surface area (Å²) in [6.07, 6.45) is 0. The number of ether oxygens (including phenoxy) is 3. The molecule has 0 radical (unpaired) electrons. The van der Waals surface area contributed by atoms with Crippen molar-refractivity contribution in [3.05, 3.63) is 59.2 Å². The fourth-order valence-electron chi connectivity index (χ4n) is 2.64. The van der Waals surface area contributed by atoms with Gasteiger partial charge in [-0.1, -0.05) is 24.3 Å². The first-order valence-corrected chi connectivity index (χ1v) is 9.58. The van der Waals surface area contributed by atoms with E-state index in [1.807, 2.05) is 38.1 Å². The Labute approximate surface area is 171 Å². The van der Waals surface area contributed by atoms with E-state index in [-0.39, 0.29) is 18.4 Å². The van der Waals surface area contributed by atoms with Crippen molar-refractivity contribution in [1.29, 1.82) is 0 Å². The van der Waals surface area contributed by atoms with E-state index in [0.717, 1.165) is 11.1 Å². The predicted octanol–water partition coefficient (Wildman–Crippen LogP) is 2.68.